The maximum absolute atomic E-state index is 12.2. The number of aryl methyl sites for hydroxylation is 1. The molecule has 86 valence electrons. The Labute approximate surface area is 114 Å². The third-order valence-corrected chi connectivity index (χ3v) is 3.57. The Morgan fingerprint density at radius 2 is 1.76 bits per heavy atom. The van der Waals surface area contributed by atoms with Gasteiger partial charge in [0, 0.05) is 15.6 Å². The highest BCUT2D eigenvalue weighted by Crippen LogP contribution is 2.23. The van der Waals surface area contributed by atoms with Crippen molar-refractivity contribution in [1.29, 1.82) is 0 Å². The van der Waals surface area contributed by atoms with E-state index in [1.807, 2.05) is 31.2 Å². The molecule has 0 saturated heterocycles. The summed E-state index contributed by atoms with van der Waals surface area (Å²) in [6.45, 7) is 1.89. The second-order valence-electron chi connectivity index (χ2n) is 3.77. The van der Waals surface area contributed by atoms with E-state index in [2.05, 4.69) is 15.9 Å². The van der Waals surface area contributed by atoms with Crippen molar-refractivity contribution in [3.8, 4) is 0 Å². The molecule has 17 heavy (non-hydrogen) atoms. The zero-order valence-electron chi connectivity index (χ0n) is 9.21. The molecule has 0 aromatic heterocycles. The van der Waals surface area contributed by atoms with Crippen LogP contribution < -0.4 is 0 Å². The normalized spacial score (nSPS) is 10.3. The minimum absolute atomic E-state index is 0.0498. The summed E-state index contributed by atoms with van der Waals surface area (Å²) in [5.41, 5.74) is 2.10. The van der Waals surface area contributed by atoms with E-state index in [1.165, 1.54) is 0 Å². The molecule has 0 aliphatic carbocycles. The van der Waals surface area contributed by atoms with Gasteiger partial charge in [-0.1, -0.05) is 39.7 Å². The molecule has 0 aliphatic heterocycles. The van der Waals surface area contributed by atoms with E-state index in [9.17, 15) is 4.79 Å². The van der Waals surface area contributed by atoms with Gasteiger partial charge in [0.1, 0.15) is 0 Å². The highest BCUT2D eigenvalue weighted by atomic mass is 79.9. The topological polar surface area (TPSA) is 17.1 Å². The Kier molecular flexibility index (Phi) is 3.65. The van der Waals surface area contributed by atoms with Crippen LogP contribution in [0.3, 0.4) is 0 Å². The fourth-order valence-corrected chi connectivity index (χ4v) is 2.06. The molecule has 2 aromatic rings. The van der Waals surface area contributed by atoms with Gasteiger partial charge in [-0.05, 0) is 42.8 Å². The van der Waals surface area contributed by atoms with Gasteiger partial charge in [0.15, 0.2) is 5.78 Å². The quantitative estimate of drug-likeness (QED) is 0.738. The summed E-state index contributed by atoms with van der Waals surface area (Å²) in [6.07, 6.45) is 0. The van der Waals surface area contributed by atoms with Gasteiger partial charge in [-0.2, -0.15) is 0 Å². The summed E-state index contributed by atoms with van der Waals surface area (Å²) in [7, 11) is 0. The van der Waals surface area contributed by atoms with Crippen LogP contribution in [-0.4, -0.2) is 5.78 Å². The predicted molar refractivity (Wildman–Crippen MR) is 73.8 cm³/mol. The van der Waals surface area contributed by atoms with Crippen LogP contribution in [-0.2, 0) is 0 Å². The molecule has 0 fully saturated rings. The molecule has 2 aromatic carbocycles. The molecule has 0 radical (unpaired) electrons. The van der Waals surface area contributed by atoms with Crippen LogP contribution in [0, 0.1) is 6.92 Å². The summed E-state index contributed by atoms with van der Waals surface area (Å²) >= 11 is 9.48. The average Bonchev–Trinajstić information content (AvgIpc) is 2.33. The van der Waals surface area contributed by atoms with E-state index in [1.54, 1.807) is 18.2 Å². The standard InChI is InChI=1S/C14H10BrClO/c1-9-3-2-4-12(13(9)16)14(17)10-5-7-11(15)8-6-10/h2-8H,1H3. The molecule has 1 nitrogen and oxygen atoms in total. The molecule has 0 amide bonds. The van der Waals surface area contributed by atoms with Crippen molar-refractivity contribution < 1.29 is 4.79 Å². The van der Waals surface area contributed by atoms with Gasteiger partial charge in [-0.3, -0.25) is 4.79 Å². The number of rotatable bonds is 2. The molecule has 0 bridgehead atoms. The Bertz CT molecular complexity index is 561. The molecule has 0 N–H and O–H groups in total. The summed E-state index contributed by atoms with van der Waals surface area (Å²) in [5.74, 6) is -0.0498. The minimum atomic E-state index is -0.0498. The van der Waals surface area contributed by atoms with Crippen LogP contribution in [0.4, 0.5) is 0 Å². The molecule has 3 heteroatoms. The first-order chi connectivity index (χ1) is 8.09. The predicted octanol–water partition coefficient (Wildman–Crippen LogP) is 4.64. The van der Waals surface area contributed by atoms with Crippen molar-refractivity contribution >= 4 is 33.3 Å². The Morgan fingerprint density at radius 1 is 1.12 bits per heavy atom. The zero-order valence-corrected chi connectivity index (χ0v) is 11.5. The fourth-order valence-electron chi connectivity index (χ4n) is 1.58. The first-order valence-corrected chi connectivity index (χ1v) is 6.32. The number of carbonyl (C=O) groups is 1. The van der Waals surface area contributed by atoms with E-state index < -0.39 is 0 Å². The van der Waals surface area contributed by atoms with Crippen LogP contribution in [0.25, 0.3) is 0 Å². The zero-order chi connectivity index (χ0) is 12.4. The van der Waals surface area contributed by atoms with E-state index >= 15 is 0 Å². The van der Waals surface area contributed by atoms with E-state index in [-0.39, 0.29) is 5.78 Å². The second kappa shape index (κ2) is 5.03. The summed E-state index contributed by atoms with van der Waals surface area (Å²) in [4.78, 5) is 12.2. The number of hydrogen-bond donors (Lipinski definition) is 0. The van der Waals surface area contributed by atoms with Crippen molar-refractivity contribution in [2.24, 2.45) is 0 Å². The van der Waals surface area contributed by atoms with E-state index in [0.29, 0.717) is 16.1 Å². The molecule has 0 saturated carbocycles. The average molecular weight is 310 g/mol. The van der Waals surface area contributed by atoms with E-state index in [0.717, 1.165) is 10.0 Å². The number of carbonyl (C=O) groups excluding carboxylic acids is 1. The largest absolute Gasteiger partial charge is 0.289 e. The maximum atomic E-state index is 12.2. The molecule has 0 spiro atoms. The second-order valence-corrected chi connectivity index (χ2v) is 5.07. The highest BCUT2D eigenvalue weighted by Gasteiger charge is 2.13. The Hall–Kier alpha value is -1.12. The first-order valence-electron chi connectivity index (χ1n) is 5.15. The van der Waals surface area contributed by atoms with Crippen molar-refractivity contribution in [3.63, 3.8) is 0 Å². The summed E-state index contributed by atoms with van der Waals surface area (Å²) in [6, 6.07) is 12.7. The van der Waals surface area contributed by atoms with Crippen molar-refractivity contribution in [1.82, 2.24) is 0 Å². The smallest absolute Gasteiger partial charge is 0.194 e. The number of halogens is 2. The fraction of sp³-hybridized carbons (Fsp3) is 0.0714. The molecule has 2 rings (SSSR count). The van der Waals surface area contributed by atoms with Gasteiger partial charge >= 0.3 is 0 Å². The van der Waals surface area contributed by atoms with Crippen LogP contribution in [0.1, 0.15) is 21.5 Å². The lowest BCUT2D eigenvalue weighted by atomic mass is 10.0. The van der Waals surface area contributed by atoms with Crippen LogP contribution in [0.5, 0.6) is 0 Å². The summed E-state index contributed by atoms with van der Waals surface area (Å²) in [5, 5.41) is 0.528. The third-order valence-electron chi connectivity index (χ3n) is 2.54. The van der Waals surface area contributed by atoms with Crippen molar-refractivity contribution in [3.05, 3.63) is 68.7 Å². The molecular formula is C14H10BrClO. The van der Waals surface area contributed by atoms with Crippen molar-refractivity contribution in [2.45, 2.75) is 6.92 Å². The highest BCUT2D eigenvalue weighted by molar-refractivity contribution is 9.10. The first kappa shape index (κ1) is 12.3. The van der Waals surface area contributed by atoms with Crippen molar-refractivity contribution in [2.75, 3.05) is 0 Å². The lowest BCUT2D eigenvalue weighted by molar-refractivity contribution is 0.103. The van der Waals surface area contributed by atoms with Crippen LogP contribution >= 0.6 is 27.5 Å². The maximum Gasteiger partial charge on any atom is 0.194 e. The van der Waals surface area contributed by atoms with Gasteiger partial charge in [-0.25, -0.2) is 0 Å². The monoisotopic (exact) mass is 308 g/mol. The van der Waals surface area contributed by atoms with Crippen LogP contribution in [0.2, 0.25) is 5.02 Å². The van der Waals surface area contributed by atoms with Gasteiger partial charge in [0.05, 0.1) is 5.02 Å². The molecular weight excluding hydrogens is 300 g/mol. The third kappa shape index (κ3) is 2.59. The number of ketones is 1. The Balaban J connectivity index is 2.44. The van der Waals surface area contributed by atoms with Gasteiger partial charge in [0.25, 0.3) is 0 Å². The SMILES string of the molecule is Cc1cccc(C(=O)c2ccc(Br)cc2)c1Cl. The van der Waals surface area contributed by atoms with Gasteiger partial charge in [0.2, 0.25) is 0 Å². The molecule has 0 heterocycles. The molecule has 0 unspecified atom stereocenters. The lowest BCUT2D eigenvalue weighted by Crippen LogP contribution is -2.02. The molecule has 0 atom stereocenters. The number of benzene rings is 2. The van der Waals surface area contributed by atoms with Gasteiger partial charge in [-0.15, -0.1) is 0 Å². The van der Waals surface area contributed by atoms with Gasteiger partial charge < -0.3 is 0 Å². The Morgan fingerprint density at radius 3 is 2.41 bits per heavy atom. The number of hydrogen-bond acceptors (Lipinski definition) is 1. The van der Waals surface area contributed by atoms with E-state index in [4.69, 9.17) is 11.6 Å². The minimum Gasteiger partial charge on any atom is -0.289 e. The summed E-state index contributed by atoms with van der Waals surface area (Å²) < 4.78 is 0.949. The lowest BCUT2D eigenvalue weighted by Gasteiger charge is -2.06. The van der Waals surface area contributed by atoms with Crippen LogP contribution in [0.15, 0.2) is 46.9 Å². The molecule has 0 aliphatic rings.